The quantitative estimate of drug-likeness (QED) is 0.637. The standard InChI is InChI=1S/C14H22N2O4/c1-18-6-7-20-12-5-3-4-11(8-12)9-16-14(17)13(15)10-19-2/h3-5,8,13H,6-7,9-10,15H2,1-2H3,(H,16,17). The van der Waals surface area contributed by atoms with Crippen molar-refractivity contribution in [3.05, 3.63) is 29.8 Å². The van der Waals surface area contributed by atoms with Crippen molar-refractivity contribution in [2.24, 2.45) is 5.73 Å². The van der Waals surface area contributed by atoms with Gasteiger partial charge in [-0.1, -0.05) is 12.1 Å². The van der Waals surface area contributed by atoms with E-state index in [0.29, 0.717) is 19.8 Å². The number of carbonyl (C=O) groups is 1. The average Bonchev–Trinajstić information content (AvgIpc) is 2.46. The molecule has 1 atom stereocenters. The van der Waals surface area contributed by atoms with Gasteiger partial charge in [-0.2, -0.15) is 0 Å². The highest BCUT2D eigenvalue weighted by Gasteiger charge is 2.12. The molecule has 1 rings (SSSR count). The molecule has 0 aromatic heterocycles. The van der Waals surface area contributed by atoms with Gasteiger partial charge in [0.05, 0.1) is 13.2 Å². The van der Waals surface area contributed by atoms with Gasteiger partial charge in [0.1, 0.15) is 18.4 Å². The normalized spacial score (nSPS) is 11.9. The summed E-state index contributed by atoms with van der Waals surface area (Å²) in [5, 5.41) is 2.75. The van der Waals surface area contributed by atoms with Crippen LogP contribution in [-0.2, 0) is 20.8 Å². The second-order valence-electron chi connectivity index (χ2n) is 4.27. The highest BCUT2D eigenvalue weighted by Crippen LogP contribution is 2.13. The lowest BCUT2D eigenvalue weighted by atomic mass is 10.2. The molecule has 0 spiro atoms. The summed E-state index contributed by atoms with van der Waals surface area (Å²) in [6.07, 6.45) is 0. The van der Waals surface area contributed by atoms with Gasteiger partial charge in [0.2, 0.25) is 5.91 Å². The summed E-state index contributed by atoms with van der Waals surface area (Å²) in [4.78, 5) is 11.6. The summed E-state index contributed by atoms with van der Waals surface area (Å²) in [6.45, 7) is 1.63. The molecule has 0 fully saturated rings. The Kier molecular flexibility index (Phi) is 7.64. The molecule has 3 N–H and O–H groups in total. The van der Waals surface area contributed by atoms with Crippen LogP contribution in [0.15, 0.2) is 24.3 Å². The lowest BCUT2D eigenvalue weighted by Gasteiger charge is -2.12. The van der Waals surface area contributed by atoms with Crippen molar-refractivity contribution >= 4 is 5.91 Å². The molecular weight excluding hydrogens is 260 g/mol. The highest BCUT2D eigenvalue weighted by molar-refractivity contribution is 5.81. The van der Waals surface area contributed by atoms with Crippen LogP contribution in [-0.4, -0.2) is 46.0 Å². The molecule has 1 aromatic carbocycles. The highest BCUT2D eigenvalue weighted by atomic mass is 16.5. The van der Waals surface area contributed by atoms with Crippen molar-refractivity contribution in [2.45, 2.75) is 12.6 Å². The molecule has 0 saturated heterocycles. The van der Waals surface area contributed by atoms with Crippen LogP contribution in [0.3, 0.4) is 0 Å². The van der Waals surface area contributed by atoms with Crippen LogP contribution in [0.25, 0.3) is 0 Å². The van der Waals surface area contributed by atoms with Gasteiger partial charge in [-0.3, -0.25) is 4.79 Å². The molecule has 0 saturated carbocycles. The van der Waals surface area contributed by atoms with E-state index in [2.05, 4.69) is 5.32 Å². The van der Waals surface area contributed by atoms with E-state index in [0.717, 1.165) is 11.3 Å². The zero-order chi connectivity index (χ0) is 14.8. The zero-order valence-electron chi connectivity index (χ0n) is 11.9. The fourth-order valence-corrected chi connectivity index (χ4v) is 1.56. The van der Waals surface area contributed by atoms with Crippen LogP contribution in [0.2, 0.25) is 0 Å². The van der Waals surface area contributed by atoms with E-state index in [4.69, 9.17) is 19.9 Å². The Morgan fingerprint density at radius 2 is 2.10 bits per heavy atom. The van der Waals surface area contributed by atoms with Gasteiger partial charge in [0.15, 0.2) is 0 Å². The van der Waals surface area contributed by atoms with Crippen molar-refractivity contribution in [1.29, 1.82) is 0 Å². The van der Waals surface area contributed by atoms with Crippen LogP contribution in [0.1, 0.15) is 5.56 Å². The van der Waals surface area contributed by atoms with E-state index in [1.807, 2.05) is 24.3 Å². The Morgan fingerprint density at radius 3 is 2.80 bits per heavy atom. The summed E-state index contributed by atoms with van der Waals surface area (Å²) in [5.74, 6) is 0.507. The molecule has 0 radical (unpaired) electrons. The largest absolute Gasteiger partial charge is 0.491 e. The smallest absolute Gasteiger partial charge is 0.239 e. The maximum absolute atomic E-state index is 11.6. The minimum absolute atomic E-state index is 0.200. The van der Waals surface area contributed by atoms with Crippen LogP contribution >= 0.6 is 0 Å². The summed E-state index contributed by atoms with van der Waals surface area (Å²) in [6, 6.07) is 6.86. The number of carbonyl (C=O) groups excluding carboxylic acids is 1. The SMILES string of the molecule is COCCOc1cccc(CNC(=O)C(N)COC)c1. The zero-order valence-corrected chi connectivity index (χ0v) is 11.9. The van der Waals surface area contributed by atoms with Crippen molar-refractivity contribution in [3.63, 3.8) is 0 Å². The van der Waals surface area contributed by atoms with Gasteiger partial charge in [-0.15, -0.1) is 0 Å². The Balaban J connectivity index is 2.43. The van der Waals surface area contributed by atoms with Gasteiger partial charge in [0.25, 0.3) is 0 Å². The molecule has 0 aliphatic heterocycles. The Labute approximate surface area is 119 Å². The lowest BCUT2D eigenvalue weighted by Crippen LogP contribution is -2.43. The molecule has 6 nitrogen and oxygen atoms in total. The van der Waals surface area contributed by atoms with Gasteiger partial charge in [-0.25, -0.2) is 0 Å². The number of amides is 1. The minimum Gasteiger partial charge on any atom is -0.491 e. The number of benzene rings is 1. The molecule has 112 valence electrons. The molecule has 6 heteroatoms. The molecule has 1 unspecified atom stereocenters. The first-order chi connectivity index (χ1) is 9.67. The van der Waals surface area contributed by atoms with Gasteiger partial charge in [-0.05, 0) is 17.7 Å². The van der Waals surface area contributed by atoms with Gasteiger partial charge >= 0.3 is 0 Å². The number of nitrogens with one attached hydrogen (secondary N) is 1. The summed E-state index contributed by atoms with van der Waals surface area (Å²) < 4.78 is 15.2. The topological polar surface area (TPSA) is 82.8 Å². The maximum Gasteiger partial charge on any atom is 0.239 e. The Morgan fingerprint density at radius 1 is 1.30 bits per heavy atom. The number of nitrogens with two attached hydrogens (primary N) is 1. The first-order valence-electron chi connectivity index (χ1n) is 6.40. The average molecular weight is 282 g/mol. The number of hydrogen-bond donors (Lipinski definition) is 2. The molecule has 0 aliphatic carbocycles. The fraction of sp³-hybridized carbons (Fsp3) is 0.500. The molecule has 0 aliphatic rings. The van der Waals surface area contributed by atoms with E-state index in [1.165, 1.54) is 7.11 Å². The third-order valence-corrected chi connectivity index (χ3v) is 2.60. The Bertz CT molecular complexity index is 412. The second kappa shape index (κ2) is 9.30. The van der Waals surface area contributed by atoms with Crippen molar-refractivity contribution in [2.75, 3.05) is 34.0 Å². The molecular formula is C14H22N2O4. The van der Waals surface area contributed by atoms with Crippen molar-refractivity contribution in [1.82, 2.24) is 5.32 Å². The first-order valence-corrected chi connectivity index (χ1v) is 6.40. The predicted molar refractivity (Wildman–Crippen MR) is 75.5 cm³/mol. The summed E-state index contributed by atoms with van der Waals surface area (Å²) in [7, 11) is 3.13. The molecule has 1 amide bonds. The number of rotatable bonds is 9. The van der Waals surface area contributed by atoms with E-state index in [1.54, 1.807) is 7.11 Å². The maximum atomic E-state index is 11.6. The minimum atomic E-state index is -0.652. The Hall–Kier alpha value is -1.63. The van der Waals surface area contributed by atoms with Gasteiger partial charge in [0, 0.05) is 20.8 Å². The predicted octanol–water partition coefficient (Wildman–Crippen LogP) is 0.302. The van der Waals surface area contributed by atoms with E-state index >= 15 is 0 Å². The monoisotopic (exact) mass is 282 g/mol. The molecule has 1 aromatic rings. The summed E-state index contributed by atoms with van der Waals surface area (Å²) >= 11 is 0. The summed E-state index contributed by atoms with van der Waals surface area (Å²) in [5.41, 5.74) is 6.57. The molecule has 0 heterocycles. The van der Waals surface area contributed by atoms with Crippen LogP contribution < -0.4 is 15.8 Å². The van der Waals surface area contributed by atoms with E-state index in [9.17, 15) is 4.79 Å². The van der Waals surface area contributed by atoms with Crippen LogP contribution in [0.5, 0.6) is 5.75 Å². The van der Waals surface area contributed by atoms with Crippen molar-refractivity contribution in [3.8, 4) is 5.75 Å². The third-order valence-electron chi connectivity index (χ3n) is 2.60. The first kappa shape index (κ1) is 16.4. The van der Waals surface area contributed by atoms with Crippen LogP contribution in [0, 0.1) is 0 Å². The van der Waals surface area contributed by atoms with Crippen LogP contribution in [0.4, 0.5) is 0 Å². The fourth-order valence-electron chi connectivity index (χ4n) is 1.56. The molecule has 0 bridgehead atoms. The number of hydrogen-bond acceptors (Lipinski definition) is 5. The van der Waals surface area contributed by atoms with E-state index in [-0.39, 0.29) is 12.5 Å². The number of ether oxygens (including phenoxy) is 3. The molecule has 20 heavy (non-hydrogen) atoms. The van der Waals surface area contributed by atoms with Gasteiger partial charge < -0.3 is 25.3 Å². The lowest BCUT2D eigenvalue weighted by molar-refractivity contribution is -0.123. The van der Waals surface area contributed by atoms with Crippen molar-refractivity contribution < 1.29 is 19.0 Å². The number of methoxy groups -OCH3 is 2. The second-order valence-corrected chi connectivity index (χ2v) is 4.27. The third kappa shape index (κ3) is 6.01. The van der Waals surface area contributed by atoms with E-state index < -0.39 is 6.04 Å².